The van der Waals surface area contributed by atoms with Gasteiger partial charge in [-0.2, -0.15) is 0 Å². The number of carbonyl (C=O) groups excluding carboxylic acids is 1. The summed E-state index contributed by atoms with van der Waals surface area (Å²) < 4.78 is 36.1. The predicted octanol–water partition coefficient (Wildman–Crippen LogP) is 1.60. The molecule has 5 nitrogen and oxygen atoms in total. The molecule has 0 saturated heterocycles. The van der Waals surface area contributed by atoms with Gasteiger partial charge in [0, 0.05) is 12.3 Å². The van der Waals surface area contributed by atoms with Gasteiger partial charge >= 0.3 is 0 Å². The van der Waals surface area contributed by atoms with E-state index in [4.69, 9.17) is 0 Å². The molecule has 1 aromatic rings. The van der Waals surface area contributed by atoms with E-state index in [1.54, 1.807) is 0 Å². The van der Waals surface area contributed by atoms with Crippen LogP contribution in [0.5, 0.6) is 0 Å². The third-order valence-electron chi connectivity index (χ3n) is 2.74. The zero-order valence-electron chi connectivity index (χ0n) is 10.0. The smallest absolute Gasteiger partial charge is 0.246 e. The molecular weight excluding hydrogens is 386 g/mol. The number of halogens is 2. The van der Waals surface area contributed by atoms with Gasteiger partial charge in [-0.05, 0) is 35.1 Å². The van der Waals surface area contributed by atoms with Crippen LogP contribution in [0.15, 0.2) is 12.1 Å². The average molecular weight is 398 g/mol. The Balaban J connectivity index is 2.19. The van der Waals surface area contributed by atoms with Crippen molar-refractivity contribution in [3.63, 3.8) is 0 Å². The molecule has 2 rings (SSSR count). The van der Waals surface area contributed by atoms with Crippen molar-refractivity contribution >= 4 is 49.7 Å². The highest BCUT2D eigenvalue weighted by molar-refractivity contribution is 14.1. The average Bonchev–Trinajstić information content (AvgIpc) is 2.28. The van der Waals surface area contributed by atoms with Gasteiger partial charge in [-0.25, -0.2) is 12.8 Å². The van der Waals surface area contributed by atoms with Crippen molar-refractivity contribution in [2.24, 2.45) is 0 Å². The Morgan fingerprint density at radius 1 is 1.37 bits per heavy atom. The van der Waals surface area contributed by atoms with Gasteiger partial charge in [-0.15, -0.1) is 0 Å². The highest BCUT2D eigenvalue weighted by Crippen LogP contribution is 2.30. The fourth-order valence-electron chi connectivity index (χ4n) is 1.78. The van der Waals surface area contributed by atoms with Crippen LogP contribution in [0.2, 0.25) is 0 Å². The lowest BCUT2D eigenvalue weighted by molar-refractivity contribution is -0.117. The number of hydrogen-bond acceptors (Lipinski definition) is 4. The summed E-state index contributed by atoms with van der Waals surface area (Å²) in [6, 6.07) is 2.16. The van der Waals surface area contributed by atoms with Crippen LogP contribution in [-0.4, -0.2) is 32.4 Å². The van der Waals surface area contributed by atoms with Gasteiger partial charge in [0.15, 0.2) is 0 Å². The Kier molecular flexibility index (Phi) is 4.00. The molecule has 1 atom stereocenters. The number of rotatable bonds is 3. The quantitative estimate of drug-likeness (QED) is 0.759. The van der Waals surface area contributed by atoms with Gasteiger partial charge in [0.1, 0.15) is 21.7 Å². The van der Waals surface area contributed by atoms with Gasteiger partial charge in [-0.3, -0.25) is 4.79 Å². The van der Waals surface area contributed by atoms with Crippen molar-refractivity contribution < 1.29 is 17.6 Å². The van der Waals surface area contributed by atoms with Gasteiger partial charge in [-0.1, -0.05) is 0 Å². The second kappa shape index (κ2) is 5.23. The van der Waals surface area contributed by atoms with E-state index in [-0.39, 0.29) is 23.9 Å². The first-order chi connectivity index (χ1) is 8.76. The Labute approximate surface area is 124 Å². The number of nitrogens with one attached hydrogen (secondary N) is 2. The second-order valence-electron chi connectivity index (χ2n) is 4.42. The summed E-state index contributed by atoms with van der Waals surface area (Å²) in [5.74, 6) is -0.788. The molecule has 19 heavy (non-hydrogen) atoms. The lowest BCUT2D eigenvalue weighted by Gasteiger charge is -2.26. The van der Waals surface area contributed by atoms with Crippen molar-refractivity contribution in [1.82, 2.24) is 0 Å². The maximum Gasteiger partial charge on any atom is 0.246 e. The molecule has 1 aliphatic rings. The van der Waals surface area contributed by atoms with Crippen molar-refractivity contribution in [1.29, 1.82) is 0 Å². The van der Waals surface area contributed by atoms with Crippen molar-refractivity contribution in [3.8, 4) is 0 Å². The predicted molar refractivity (Wildman–Crippen MR) is 79.5 cm³/mol. The molecule has 1 aromatic carbocycles. The summed E-state index contributed by atoms with van der Waals surface area (Å²) in [5.41, 5.74) is 0.974. The van der Waals surface area contributed by atoms with Crippen LogP contribution in [0.25, 0.3) is 0 Å². The summed E-state index contributed by atoms with van der Waals surface area (Å²) >= 11 is 1.84. The van der Waals surface area contributed by atoms with Crippen molar-refractivity contribution in [2.75, 3.05) is 22.6 Å². The number of amides is 1. The summed E-state index contributed by atoms with van der Waals surface area (Å²) in [4.78, 5) is 11.8. The van der Waals surface area contributed by atoms with Crippen LogP contribution in [0.4, 0.5) is 15.8 Å². The van der Waals surface area contributed by atoms with Gasteiger partial charge in [0.25, 0.3) is 0 Å². The van der Waals surface area contributed by atoms with Gasteiger partial charge in [0.2, 0.25) is 5.91 Å². The molecule has 1 heterocycles. The SMILES string of the molecule is CS(=O)(=O)CCC1Nc2cc(F)c(I)cc2NC1=O. The zero-order chi connectivity index (χ0) is 14.2. The van der Waals surface area contributed by atoms with Crippen molar-refractivity contribution in [3.05, 3.63) is 21.5 Å². The Bertz CT molecular complexity index is 633. The van der Waals surface area contributed by atoms with Gasteiger partial charge < -0.3 is 10.6 Å². The Morgan fingerprint density at radius 2 is 2.05 bits per heavy atom. The minimum absolute atomic E-state index is 0.0970. The molecule has 0 aromatic heterocycles. The summed E-state index contributed by atoms with van der Waals surface area (Å²) in [5, 5.41) is 5.51. The standard InChI is InChI=1S/C11H12FIN2O3S/c1-19(17,18)3-2-8-11(16)15-10-5-7(13)6(12)4-9(10)14-8/h4-5,8,14H,2-3H2,1H3,(H,15,16). The zero-order valence-corrected chi connectivity index (χ0v) is 13.0. The number of fused-ring (bicyclic) bond motifs is 1. The largest absolute Gasteiger partial charge is 0.372 e. The van der Waals surface area contributed by atoms with Crippen LogP contribution in [0.1, 0.15) is 6.42 Å². The molecule has 1 unspecified atom stereocenters. The number of carbonyl (C=O) groups is 1. The lowest BCUT2D eigenvalue weighted by Crippen LogP contribution is -2.40. The van der Waals surface area contributed by atoms with E-state index in [9.17, 15) is 17.6 Å². The molecule has 1 aliphatic heterocycles. The number of anilines is 2. The lowest BCUT2D eigenvalue weighted by atomic mass is 10.1. The normalized spacial score (nSPS) is 18.5. The molecular formula is C11H12FIN2O3S. The van der Waals surface area contributed by atoms with Crippen LogP contribution in [0, 0.1) is 9.39 Å². The number of sulfone groups is 1. The number of hydrogen-bond donors (Lipinski definition) is 2. The highest BCUT2D eigenvalue weighted by atomic mass is 127. The molecule has 0 aliphatic carbocycles. The first-order valence-electron chi connectivity index (χ1n) is 5.50. The molecule has 1 amide bonds. The topological polar surface area (TPSA) is 75.3 Å². The molecule has 0 fully saturated rings. The third kappa shape index (κ3) is 3.56. The molecule has 0 spiro atoms. The Morgan fingerprint density at radius 3 is 2.68 bits per heavy atom. The van der Waals surface area contributed by atoms with Crippen LogP contribution in [0.3, 0.4) is 0 Å². The molecule has 2 N–H and O–H groups in total. The van der Waals surface area contributed by atoms with Crippen molar-refractivity contribution in [2.45, 2.75) is 12.5 Å². The van der Waals surface area contributed by atoms with Crippen LogP contribution >= 0.6 is 22.6 Å². The second-order valence-corrected chi connectivity index (χ2v) is 7.84. The van der Waals surface area contributed by atoms with E-state index in [0.717, 1.165) is 6.26 Å². The molecule has 8 heteroatoms. The molecule has 0 radical (unpaired) electrons. The minimum Gasteiger partial charge on any atom is -0.372 e. The highest BCUT2D eigenvalue weighted by Gasteiger charge is 2.27. The fraction of sp³-hybridized carbons (Fsp3) is 0.364. The molecule has 104 valence electrons. The minimum atomic E-state index is -3.13. The third-order valence-corrected chi connectivity index (χ3v) is 4.55. The monoisotopic (exact) mass is 398 g/mol. The first kappa shape index (κ1) is 14.5. The number of benzene rings is 1. The van der Waals surface area contributed by atoms with E-state index in [0.29, 0.717) is 14.9 Å². The maximum atomic E-state index is 13.4. The van der Waals surface area contributed by atoms with E-state index < -0.39 is 15.9 Å². The summed E-state index contributed by atoms with van der Waals surface area (Å²) in [7, 11) is -3.13. The van der Waals surface area contributed by atoms with Crippen LogP contribution < -0.4 is 10.6 Å². The molecule has 0 saturated carbocycles. The first-order valence-corrected chi connectivity index (χ1v) is 8.64. The maximum absolute atomic E-state index is 13.4. The van der Waals surface area contributed by atoms with E-state index in [1.807, 2.05) is 22.6 Å². The summed E-state index contributed by atoms with van der Waals surface area (Å²) in [6.07, 6.45) is 1.27. The van der Waals surface area contributed by atoms with Crippen LogP contribution in [-0.2, 0) is 14.6 Å². The summed E-state index contributed by atoms with van der Waals surface area (Å²) in [6.45, 7) is 0. The fourth-order valence-corrected chi connectivity index (χ4v) is 2.91. The Hall–Kier alpha value is -0.900. The van der Waals surface area contributed by atoms with E-state index in [1.165, 1.54) is 12.1 Å². The van der Waals surface area contributed by atoms with E-state index >= 15 is 0 Å². The molecule has 0 bridgehead atoms. The van der Waals surface area contributed by atoms with Gasteiger partial charge in [0.05, 0.1) is 20.7 Å². The van der Waals surface area contributed by atoms with E-state index in [2.05, 4.69) is 10.6 Å².